The molecule has 2 aliphatic rings. The van der Waals surface area contributed by atoms with Gasteiger partial charge in [-0.3, -0.25) is 4.90 Å². The maximum atomic E-state index is 15.0. The summed E-state index contributed by atoms with van der Waals surface area (Å²) in [5.41, 5.74) is 1.18. The van der Waals surface area contributed by atoms with Crippen molar-refractivity contribution in [3.8, 4) is 6.07 Å². The van der Waals surface area contributed by atoms with Crippen LogP contribution in [0, 0.1) is 11.3 Å². The normalized spacial score (nSPS) is 18.3. The third-order valence-electron chi connectivity index (χ3n) is 7.01. The fraction of sp³-hybridized carbons (Fsp3) is 0.552. The zero-order valence-electron chi connectivity index (χ0n) is 20.6. The van der Waals surface area contributed by atoms with Crippen LogP contribution in [-0.2, 0) is 24.3 Å². The quantitative estimate of drug-likeness (QED) is 0.368. The zero-order valence-corrected chi connectivity index (χ0v) is 20.6. The Bertz CT molecular complexity index is 940. The first-order valence-corrected chi connectivity index (χ1v) is 12.4. The molecule has 0 heterocycles. The average Bonchev–Trinajstić information content (AvgIpc) is 3.73. The summed E-state index contributed by atoms with van der Waals surface area (Å²) < 4.78 is 29.8. The summed E-state index contributed by atoms with van der Waals surface area (Å²) in [6, 6.07) is 19.2. The molecule has 1 unspecified atom stereocenters. The van der Waals surface area contributed by atoms with E-state index in [1.165, 1.54) is 12.5 Å². The molecule has 0 amide bonds. The van der Waals surface area contributed by atoms with E-state index in [0.717, 1.165) is 31.4 Å². The summed E-state index contributed by atoms with van der Waals surface area (Å²) in [4.78, 5) is 2.57. The number of aryl methyl sites for hydroxylation is 1. The predicted molar refractivity (Wildman–Crippen MR) is 131 cm³/mol. The molecule has 33 heavy (non-hydrogen) atoms. The SMILES string of the molecule is CC#N.CCC(CCc1ccc(C2(F)CC2)c(C2(F)CC2)c1)N(Cc1ccccc1)C(C)C. The second kappa shape index (κ2) is 10.8. The Hall–Kier alpha value is -2.25. The van der Waals surface area contributed by atoms with Crippen LogP contribution in [0.15, 0.2) is 48.5 Å². The number of rotatable bonds is 10. The molecule has 0 aromatic heterocycles. The summed E-state index contributed by atoms with van der Waals surface area (Å²) >= 11 is 0. The Labute approximate surface area is 198 Å². The van der Waals surface area contributed by atoms with Crippen LogP contribution in [0.3, 0.4) is 0 Å². The van der Waals surface area contributed by atoms with Crippen molar-refractivity contribution in [1.29, 1.82) is 5.26 Å². The number of alkyl halides is 2. The summed E-state index contributed by atoms with van der Waals surface area (Å²) in [5, 5.41) is 7.32. The lowest BCUT2D eigenvalue weighted by molar-refractivity contribution is 0.132. The number of nitriles is 1. The van der Waals surface area contributed by atoms with Crippen LogP contribution in [-0.4, -0.2) is 17.0 Å². The Balaban J connectivity index is 0.000000968. The molecule has 0 N–H and O–H groups in total. The van der Waals surface area contributed by atoms with Gasteiger partial charge < -0.3 is 0 Å². The van der Waals surface area contributed by atoms with Gasteiger partial charge in [-0.25, -0.2) is 8.78 Å². The summed E-state index contributed by atoms with van der Waals surface area (Å²) in [6.07, 6.45) is 5.16. The molecule has 0 spiro atoms. The Morgan fingerprint density at radius 2 is 1.52 bits per heavy atom. The zero-order chi connectivity index (χ0) is 24.1. The molecule has 4 heteroatoms. The van der Waals surface area contributed by atoms with Gasteiger partial charge >= 0.3 is 0 Å². The van der Waals surface area contributed by atoms with Crippen LogP contribution in [0.25, 0.3) is 0 Å². The highest BCUT2D eigenvalue weighted by atomic mass is 19.1. The van der Waals surface area contributed by atoms with Crippen molar-refractivity contribution in [3.05, 3.63) is 70.8 Å². The molecular formula is C29H38F2N2. The third kappa shape index (κ3) is 6.42. The maximum Gasteiger partial charge on any atom is 0.136 e. The predicted octanol–water partition coefficient (Wildman–Crippen LogP) is 7.76. The van der Waals surface area contributed by atoms with Gasteiger partial charge in [-0.15, -0.1) is 0 Å². The van der Waals surface area contributed by atoms with Crippen molar-refractivity contribution in [3.63, 3.8) is 0 Å². The number of benzene rings is 2. The van der Waals surface area contributed by atoms with Crippen molar-refractivity contribution in [2.75, 3.05) is 0 Å². The van der Waals surface area contributed by atoms with Crippen molar-refractivity contribution in [1.82, 2.24) is 4.90 Å². The van der Waals surface area contributed by atoms with E-state index < -0.39 is 11.3 Å². The summed E-state index contributed by atoms with van der Waals surface area (Å²) in [7, 11) is 0. The van der Waals surface area contributed by atoms with Gasteiger partial charge in [-0.2, -0.15) is 5.26 Å². The molecule has 2 aliphatic carbocycles. The molecule has 2 aromatic rings. The van der Waals surface area contributed by atoms with Gasteiger partial charge in [0.1, 0.15) is 11.3 Å². The van der Waals surface area contributed by atoms with Crippen molar-refractivity contribution in [2.24, 2.45) is 0 Å². The van der Waals surface area contributed by atoms with Gasteiger partial charge in [0, 0.05) is 25.6 Å². The van der Waals surface area contributed by atoms with E-state index in [1.54, 1.807) is 6.07 Å². The van der Waals surface area contributed by atoms with Crippen LogP contribution >= 0.6 is 0 Å². The maximum absolute atomic E-state index is 15.0. The topological polar surface area (TPSA) is 27.0 Å². The minimum absolute atomic E-state index is 0.454. The second-order valence-corrected chi connectivity index (χ2v) is 9.89. The minimum atomic E-state index is -1.28. The van der Waals surface area contributed by atoms with E-state index in [1.807, 2.05) is 18.2 Å². The third-order valence-corrected chi connectivity index (χ3v) is 7.01. The van der Waals surface area contributed by atoms with Crippen molar-refractivity contribution >= 4 is 0 Å². The van der Waals surface area contributed by atoms with Gasteiger partial charge in [-0.05, 0) is 81.0 Å². The summed E-state index contributed by atoms with van der Waals surface area (Å²) in [6.45, 7) is 9.14. The molecule has 2 saturated carbocycles. The van der Waals surface area contributed by atoms with Crippen LogP contribution in [0.2, 0.25) is 0 Å². The highest BCUT2D eigenvalue weighted by molar-refractivity contribution is 5.44. The number of hydrogen-bond donors (Lipinski definition) is 0. The fourth-order valence-electron chi connectivity index (χ4n) is 4.73. The Kier molecular flexibility index (Phi) is 8.29. The largest absolute Gasteiger partial charge is 0.294 e. The molecule has 0 radical (unpaired) electrons. The Morgan fingerprint density at radius 1 is 0.939 bits per heavy atom. The van der Waals surface area contributed by atoms with Gasteiger partial charge in [0.05, 0.1) is 6.07 Å². The van der Waals surface area contributed by atoms with E-state index in [2.05, 4.69) is 56.0 Å². The van der Waals surface area contributed by atoms with Gasteiger partial charge in [0.25, 0.3) is 0 Å². The highest BCUT2D eigenvalue weighted by Gasteiger charge is 2.53. The molecule has 0 bridgehead atoms. The van der Waals surface area contributed by atoms with Crippen LogP contribution in [0.1, 0.15) is 88.5 Å². The van der Waals surface area contributed by atoms with Crippen LogP contribution in [0.4, 0.5) is 8.78 Å². The Morgan fingerprint density at radius 3 is 2.03 bits per heavy atom. The first-order chi connectivity index (χ1) is 15.8. The standard InChI is InChI=1S/C27H35F2N.C2H3N/c1-4-23(30(20(2)3)19-22-8-6-5-7-9-22)12-10-21-11-13-24(26(28)14-15-26)25(18-21)27(29)16-17-27;1-2-3/h5-9,11,13,18,20,23H,4,10,12,14-17,19H2,1-3H3;1H3. The minimum Gasteiger partial charge on any atom is -0.294 e. The highest BCUT2D eigenvalue weighted by Crippen LogP contribution is 2.58. The fourth-order valence-corrected chi connectivity index (χ4v) is 4.73. The van der Waals surface area contributed by atoms with E-state index >= 15 is 0 Å². The first-order valence-electron chi connectivity index (χ1n) is 12.4. The average molecular weight is 453 g/mol. The number of hydrogen-bond acceptors (Lipinski definition) is 2. The molecule has 0 aliphatic heterocycles. The lowest BCUT2D eigenvalue weighted by Crippen LogP contribution is -2.39. The van der Waals surface area contributed by atoms with Crippen molar-refractivity contribution in [2.45, 2.75) is 103 Å². The lowest BCUT2D eigenvalue weighted by atomic mass is 9.92. The first kappa shape index (κ1) is 25.4. The molecule has 2 nitrogen and oxygen atoms in total. The monoisotopic (exact) mass is 452 g/mol. The lowest BCUT2D eigenvalue weighted by Gasteiger charge is -2.35. The van der Waals surface area contributed by atoms with Crippen molar-refractivity contribution < 1.29 is 8.78 Å². The number of nitrogens with zero attached hydrogens (tertiary/aromatic N) is 2. The smallest absolute Gasteiger partial charge is 0.136 e. The van der Waals surface area contributed by atoms with Gasteiger partial charge in [-0.1, -0.05) is 55.5 Å². The van der Waals surface area contributed by atoms with Crippen LogP contribution in [0.5, 0.6) is 0 Å². The second-order valence-electron chi connectivity index (χ2n) is 9.89. The van der Waals surface area contributed by atoms with E-state index in [4.69, 9.17) is 5.26 Å². The summed E-state index contributed by atoms with van der Waals surface area (Å²) in [5.74, 6) is 0. The molecule has 178 valence electrons. The molecule has 1 atom stereocenters. The molecular weight excluding hydrogens is 414 g/mol. The van der Waals surface area contributed by atoms with Gasteiger partial charge in [0.15, 0.2) is 0 Å². The van der Waals surface area contributed by atoms with Crippen LogP contribution < -0.4 is 0 Å². The van der Waals surface area contributed by atoms with E-state index in [9.17, 15) is 8.78 Å². The molecule has 2 fully saturated rings. The van der Waals surface area contributed by atoms with E-state index in [-0.39, 0.29) is 0 Å². The molecule has 0 saturated heterocycles. The molecule has 2 aromatic carbocycles. The van der Waals surface area contributed by atoms with E-state index in [0.29, 0.717) is 48.9 Å². The van der Waals surface area contributed by atoms with Gasteiger partial charge in [0.2, 0.25) is 0 Å². The molecule has 4 rings (SSSR count). The number of halogens is 2.